The SMILES string of the molecule is N#CC1CN(CCOc2ccc(Br)cc2)CCO1. The molecule has 1 aliphatic heterocycles. The normalized spacial score (nSPS) is 20.3. The Labute approximate surface area is 115 Å². The van der Waals surface area contributed by atoms with E-state index in [4.69, 9.17) is 14.7 Å². The first-order valence-corrected chi connectivity index (χ1v) is 6.69. The third kappa shape index (κ3) is 3.98. The molecule has 4 nitrogen and oxygen atoms in total. The average Bonchev–Trinajstić information content (AvgIpc) is 2.41. The van der Waals surface area contributed by atoms with Gasteiger partial charge >= 0.3 is 0 Å². The van der Waals surface area contributed by atoms with E-state index in [1.54, 1.807) is 0 Å². The molecule has 0 amide bonds. The molecule has 0 aromatic heterocycles. The summed E-state index contributed by atoms with van der Waals surface area (Å²) in [5.41, 5.74) is 0. The Morgan fingerprint density at radius 1 is 1.44 bits per heavy atom. The number of nitriles is 1. The summed E-state index contributed by atoms with van der Waals surface area (Å²) >= 11 is 3.38. The van der Waals surface area contributed by atoms with Crippen molar-refractivity contribution in [3.05, 3.63) is 28.7 Å². The zero-order valence-corrected chi connectivity index (χ0v) is 11.6. The van der Waals surface area contributed by atoms with Gasteiger partial charge in [-0.3, -0.25) is 4.90 Å². The highest BCUT2D eigenvalue weighted by Gasteiger charge is 2.19. The lowest BCUT2D eigenvalue weighted by atomic mass is 10.3. The van der Waals surface area contributed by atoms with Gasteiger partial charge < -0.3 is 9.47 Å². The molecular formula is C13H15BrN2O2. The Morgan fingerprint density at radius 2 is 2.22 bits per heavy atom. The van der Waals surface area contributed by atoms with E-state index in [2.05, 4.69) is 26.9 Å². The van der Waals surface area contributed by atoms with Crippen molar-refractivity contribution in [2.24, 2.45) is 0 Å². The van der Waals surface area contributed by atoms with Crippen LogP contribution in [-0.4, -0.2) is 43.9 Å². The maximum absolute atomic E-state index is 8.80. The molecule has 1 heterocycles. The molecule has 1 unspecified atom stereocenters. The second-order valence-electron chi connectivity index (χ2n) is 4.09. The monoisotopic (exact) mass is 310 g/mol. The van der Waals surface area contributed by atoms with Crippen LogP contribution in [-0.2, 0) is 4.74 Å². The van der Waals surface area contributed by atoms with Crippen LogP contribution in [0.15, 0.2) is 28.7 Å². The fraction of sp³-hybridized carbons (Fsp3) is 0.462. The number of nitrogens with zero attached hydrogens (tertiary/aromatic N) is 2. The summed E-state index contributed by atoms with van der Waals surface area (Å²) in [5, 5.41) is 8.80. The first kappa shape index (κ1) is 13.3. The standard InChI is InChI=1S/C13H15BrN2O2/c14-11-1-3-12(4-2-11)17-7-5-16-6-8-18-13(9-15)10-16/h1-4,13H,5-8,10H2. The second-order valence-corrected chi connectivity index (χ2v) is 5.01. The van der Waals surface area contributed by atoms with Gasteiger partial charge in [0.2, 0.25) is 0 Å². The Hall–Kier alpha value is -1.09. The molecular weight excluding hydrogens is 296 g/mol. The van der Waals surface area contributed by atoms with E-state index >= 15 is 0 Å². The molecule has 5 heteroatoms. The minimum absolute atomic E-state index is 0.300. The Morgan fingerprint density at radius 3 is 2.94 bits per heavy atom. The van der Waals surface area contributed by atoms with Gasteiger partial charge in [0, 0.05) is 24.1 Å². The smallest absolute Gasteiger partial charge is 0.156 e. The third-order valence-corrected chi connectivity index (χ3v) is 3.31. The molecule has 0 aliphatic carbocycles. The van der Waals surface area contributed by atoms with Gasteiger partial charge in [-0.05, 0) is 24.3 Å². The maximum Gasteiger partial charge on any atom is 0.156 e. The average molecular weight is 311 g/mol. The number of halogens is 1. The highest BCUT2D eigenvalue weighted by molar-refractivity contribution is 9.10. The van der Waals surface area contributed by atoms with Crippen LogP contribution in [0.5, 0.6) is 5.75 Å². The topological polar surface area (TPSA) is 45.5 Å². The van der Waals surface area contributed by atoms with Crippen LogP contribution in [0.4, 0.5) is 0 Å². The zero-order chi connectivity index (χ0) is 12.8. The van der Waals surface area contributed by atoms with Crippen LogP contribution in [0.25, 0.3) is 0 Å². The van der Waals surface area contributed by atoms with E-state index in [1.165, 1.54) is 0 Å². The lowest BCUT2D eigenvalue weighted by molar-refractivity contribution is -0.00334. The van der Waals surface area contributed by atoms with Crippen LogP contribution in [0.1, 0.15) is 0 Å². The summed E-state index contributed by atoms with van der Waals surface area (Å²) in [4.78, 5) is 2.19. The van der Waals surface area contributed by atoms with Crippen molar-refractivity contribution in [3.63, 3.8) is 0 Å². The maximum atomic E-state index is 8.80. The van der Waals surface area contributed by atoms with Crippen LogP contribution in [0.3, 0.4) is 0 Å². The van der Waals surface area contributed by atoms with Crippen molar-refractivity contribution in [1.29, 1.82) is 5.26 Å². The van der Waals surface area contributed by atoms with Crippen molar-refractivity contribution in [1.82, 2.24) is 4.90 Å². The number of benzene rings is 1. The molecule has 0 bridgehead atoms. The van der Waals surface area contributed by atoms with Crippen LogP contribution >= 0.6 is 15.9 Å². The van der Waals surface area contributed by atoms with E-state index in [0.29, 0.717) is 19.8 Å². The number of hydrogen-bond acceptors (Lipinski definition) is 4. The lowest BCUT2D eigenvalue weighted by Crippen LogP contribution is -2.43. The van der Waals surface area contributed by atoms with Gasteiger partial charge in [-0.1, -0.05) is 15.9 Å². The van der Waals surface area contributed by atoms with Gasteiger partial charge in [0.1, 0.15) is 12.4 Å². The zero-order valence-electron chi connectivity index (χ0n) is 10.0. The van der Waals surface area contributed by atoms with Gasteiger partial charge in [-0.25, -0.2) is 0 Å². The van der Waals surface area contributed by atoms with E-state index in [-0.39, 0.29) is 6.10 Å². The van der Waals surface area contributed by atoms with E-state index in [0.717, 1.165) is 23.3 Å². The second kappa shape index (κ2) is 6.74. The van der Waals surface area contributed by atoms with Gasteiger partial charge in [-0.15, -0.1) is 0 Å². The molecule has 1 fully saturated rings. The van der Waals surface area contributed by atoms with Gasteiger partial charge in [0.15, 0.2) is 6.10 Å². The predicted octanol–water partition coefficient (Wildman–Crippen LogP) is 2.05. The number of hydrogen-bond donors (Lipinski definition) is 0. The summed E-state index contributed by atoms with van der Waals surface area (Å²) in [7, 11) is 0. The quantitative estimate of drug-likeness (QED) is 0.854. The largest absolute Gasteiger partial charge is 0.492 e. The number of rotatable bonds is 4. The van der Waals surface area contributed by atoms with Gasteiger partial charge in [0.25, 0.3) is 0 Å². The molecule has 2 rings (SSSR count). The first-order chi connectivity index (χ1) is 8.78. The summed E-state index contributed by atoms with van der Waals surface area (Å²) in [5.74, 6) is 0.864. The molecule has 18 heavy (non-hydrogen) atoms. The molecule has 0 N–H and O–H groups in total. The first-order valence-electron chi connectivity index (χ1n) is 5.90. The van der Waals surface area contributed by atoms with E-state index < -0.39 is 0 Å². The summed E-state index contributed by atoms with van der Waals surface area (Å²) in [6, 6.07) is 9.91. The Kier molecular flexibility index (Phi) is 5.00. The van der Waals surface area contributed by atoms with Crippen molar-refractivity contribution >= 4 is 15.9 Å². The van der Waals surface area contributed by atoms with E-state index in [1.807, 2.05) is 24.3 Å². The molecule has 0 radical (unpaired) electrons. The highest BCUT2D eigenvalue weighted by atomic mass is 79.9. The van der Waals surface area contributed by atoms with Crippen LogP contribution in [0, 0.1) is 11.3 Å². The molecule has 0 saturated carbocycles. The summed E-state index contributed by atoms with van der Waals surface area (Å²) in [6.45, 7) is 3.59. The predicted molar refractivity (Wildman–Crippen MR) is 71.4 cm³/mol. The lowest BCUT2D eigenvalue weighted by Gasteiger charge is -2.29. The molecule has 1 aromatic rings. The third-order valence-electron chi connectivity index (χ3n) is 2.78. The van der Waals surface area contributed by atoms with Crippen LogP contribution < -0.4 is 4.74 Å². The van der Waals surface area contributed by atoms with Crippen LogP contribution in [0.2, 0.25) is 0 Å². The highest BCUT2D eigenvalue weighted by Crippen LogP contribution is 2.16. The van der Waals surface area contributed by atoms with Crippen molar-refractivity contribution < 1.29 is 9.47 Å². The Bertz CT molecular complexity index is 416. The summed E-state index contributed by atoms with van der Waals surface area (Å²) in [6.07, 6.45) is -0.300. The summed E-state index contributed by atoms with van der Waals surface area (Å²) < 4.78 is 12.0. The fourth-order valence-electron chi connectivity index (χ4n) is 1.81. The Balaban J connectivity index is 1.72. The molecule has 1 atom stereocenters. The van der Waals surface area contributed by atoms with E-state index in [9.17, 15) is 0 Å². The number of morpholine rings is 1. The molecule has 1 aromatic carbocycles. The molecule has 1 aliphatic rings. The minimum Gasteiger partial charge on any atom is -0.492 e. The minimum atomic E-state index is -0.300. The van der Waals surface area contributed by atoms with Gasteiger partial charge in [-0.2, -0.15) is 5.26 Å². The van der Waals surface area contributed by atoms with Crippen molar-refractivity contribution in [2.75, 3.05) is 32.8 Å². The molecule has 1 saturated heterocycles. The number of ether oxygens (including phenoxy) is 2. The van der Waals surface area contributed by atoms with Crippen molar-refractivity contribution in [3.8, 4) is 11.8 Å². The van der Waals surface area contributed by atoms with Gasteiger partial charge in [0.05, 0.1) is 12.7 Å². The molecule has 96 valence electrons. The van der Waals surface area contributed by atoms with Crippen molar-refractivity contribution in [2.45, 2.75) is 6.10 Å². The fourth-order valence-corrected chi connectivity index (χ4v) is 2.07. The molecule has 0 spiro atoms.